The molecule has 0 saturated heterocycles. The molecule has 0 fully saturated rings. The Bertz CT molecular complexity index is 458. The van der Waals surface area contributed by atoms with Crippen LogP contribution in [0.15, 0.2) is 30.3 Å². The third-order valence-electron chi connectivity index (χ3n) is 3.72. The molecule has 4 heteroatoms. The first-order chi connectivity index (χ1) is 9.97. The van der Waals surface area contributed by atoms with Gasteiger partial charge in [-0.05, 0) is 18.9 Å². The van der Waals surface area contributed by atoms with Crippen molar-refractivity contribution in [2.45, 2.75) is 52.6 Å². The second kappa shape index (κ2) is 8.45. The van der Waals surface area contributed by atoms with Gasteiger partial charge >= 0.3 is 5.97 Å². The van der Waals surface area contributed by atoms with Crippen LogP contribution in [0.2, 0.25) is 0 Å². The van der Waals surface area contributed by atoms with E-state index in [1.54, 1.807) is 6.92 Å². The molecule has 2 atom stereocenters. The van der Waals surface area contributed by atoms with Crippen molar-refractivity contribution >= 4 is 11.9 Å². The molecule has 0 aliphatic carbocycles. The summed E-state index contributed by atoms with van der Waals surface area (Å²) in [6.45, 7) is 5.86. The summed E-state index contributed by atoms with van der Waals surface area (Å²) >= 11 is 0. The average molecular weight is 291 g/mol. The molecule has 4 nitrogen and oxygen atoms in total. The highest BCUT2D eigenvalue weighted by atomic mass is 16.4. The number of carbonyl (C=O) groups excluding carboxylic acids is 1. The van der Waals surface area contributed by atoms with Crippen molar-refractivity contribution < 1.29 is 14.7 Å². The number of hydrogen-bond acceptors (Lipinski definition) is 2. The summed E-state index contributed by atoms with van der Waals surface area (Å²) in [7, 11) is 0. The number of nitrogens with zero attached hydrogens (tertiary/aromatic N) is 1. The maximum atomic E-state index is 12.6. The van der Waals surface area contributed by atoms with Gasteiger partial charge in [-0.25, -0.2) is 4.79 Å². The van der Waals surface area contributed by atoms with Gasteiger partial charge in [0, 0.05) is 12.5 Å². The molecule has 1 aromatic carbocycles. The molecule has 2 unspecified atom stereocenters. The Morgan fingerprint density at radius 3 is 2.33 bits per heavy atom. The molecule has 1 N–H and O–H groups in total. The van der Waals surface area contributed by atoms with Crippen LogP contribution in [0.4, 0.5) is 0 Å². The van der Waals surface area contributed by atoms with E-state index in [0.29, 0.717) is 6.54 Å². The van der Waals surface area contributed by atoms with Crippen LogP contribution in [0, 0.1) is 5.92 Å². The van der Waals surface area contributed by atoms with Crippen LogP contribution in [-0.4, -0.2) is 27.9 Å². The Kier molecular flexibility index (Phi) is 6.92. The molecule has 0 radical (unpaired) electrons. The summed E-state index contributed by atoms with van der Waals surface area (Å²) in [5.74, 6) is -1.19. The van der Waals surface area contributed by atoms with Gasteiger partial charge in [-0.1, -0.05) is 57.0 Å². The quantitative estimate of drug-likeness (QED) is 0.799. The van der Waals surface area contributed by atoms with Crippen molar-refractivity contribution in [2.24, 2.45) is 5.92 Å². The van der Waals surface area contributed by atoms with Gasteiger partial charge in [0.2, 0.25) is 5.91 Å². The number of benzene rings is 1. The van der Waals surface area contributed by atoms with Crippen molar-refractivity contribution in [3.05, 3.63) is 35.9 Å². The molecule has 0 spiro atoms. The van der Waals surface area contributed by atoms with Gasteiger partial charge in [0.1, 0.15) is 6.04 Å². The fraction of sp³-hybridized carbons (Fsp3) is 0.529. The molecule has 0 aromatic heterocycles. The van der Waals surface area contributed by atoms with Gasteiger partial charge in [-0.3, -0.25) is 4.79 Å². The number of carboxylic acids is 1. The summed E-state index contributed by atoms with van der Waals surface area (Å²) in [5, 5.41) is 9.24. The zero-order valence-electron chi connectivity index (χ0n) is 13.1. The maximum Gasteiger partial charge on any atom is 0.326 e. The topological polar surface area (TPSA) is 57.6 Å². The summed E-state index contributed by atoms with van der Waals surface area (Å²) < 4.78 is 0. The molecule has 0 bridgehead atoms. The van der Waals surface area contributed by atoms with Crippen LogP contribution < -0.4 is 0 Å². The minimum Gasteiger partial charge on any atom is -0.480 e. The Morgan fingerprint density at radius 2 is 1.81 bits per heavy atom. The fourth-order valence-corrected chi connectivity index (χ4v) is 2.24. The molecular formula is C17H25NO3. The highest BCUT2D eigenvalue weighted by Crippen LogP contribution is 2.17. The monoisotopic (exact) mass is 291 g/mol. The van der Waals surface area contributed by atoms with Gasteiger partial charge < -0.3 is 10.0 Å². The number of unbranched alkanes of at least 4 members (excludes halogenated alkanes) is 1. The van der Waals surface area contributed by atoms with E-state index < -0.39 is 12.0 Å². The van der Waals surface area contributed by atoms with Crippen molar-refractivity contribution in [3.8, 4) is 0 Å². The van der Waals surface area contributed by atoms with Crippen molar-refractivity contribution in [3.63, 3.8) is 0 Å². The number of aliphatic carboxylic acids is 1. The van der Waals surface area contributed by atoms with E-state index >= 15 is 0 Å². The molecule has 0 heterocycles. The third-order valence-corrected chi connectivity index (χ3v) is 3.72. The second-order valence-electron chi connectivity index (χ2n) is 5.51. The number of carboxylic acid groups (broad SMARTS) is 1. The third kappa shape index (κ3) is 5.21. The maximum absolute atomic E-state index is 12.6. The van der Waals surface area contributed by atoms with Gasteiger partial charge in [-0.15, -0.1) is 0 Å². The zero-order valence-corrected chi connectivity index (χ0v) is 13.1. The lowest BCUT2D eigenvalue weighted by Gasteiger charge is -2.29. The summed E-state index contributed by atoms with van der Waals surface area (Å²) in [4.78, 5) is 25.3. The summed E-state index contributed by atoms with van der Waals surface area (Å²) in [6, 6.07) is 8.69. The Labute approximate surface area is 126 Å². The predicted molar refractivity (Wildman–Crippen MR) is 82.8 cm³/mol. The molecule has 21 heavy (non-hydrogen) atoms. The van der Waals surface area contributed by atoms with Gasteiger partial charge in [0.15, 0.2) is 0 Å². The van der Waals surface area contributed by atoms with Gasteiger partial charge in [0.05, 0.1) is 0 Å². The number of carbonyl (C=O) groups is 2. The minimum atomic E-state index is -0.970. The lowest BCUT2D eigenvalue weighted by molar-refractivity contribution is -0.151. The van der Waals surface area contributed by atoms with Crippen LogP contribution in [0.25, 0.3) is 0 Å². The molecule has 116 valence electrons. The van der Waals surface area contributed by atoms with Crippen molar-refractivity contribution in [1.29, 1.82) is 0 Å². The van der Waals surface area contributed by atoms with E-state index in [0.717, 1.165) is 24.8 Å². The molecule has 1 amide bonds. The highest BCUT2D eigenvalue weighted by molar-refractivity contribution is 5.84. The van der Waals surface area contributed by atoms with Crippen molar-refractivity contribution in [2.75, 3.05) is 0 Å². The van der Waals surface area contributed by atoms with E-state index in [2.05, 4.69) is 6.92 Å². The normalized spacial score (nSPS) is 13.5. The Hall–Kier alpha value is -1.84. The van der Waals surface area contributed by atoms with E-state index in [4.69, 9.17) is 0 Å². The molecule has 1 rings (SSSR count). The number of hydrogen-bond donors (Lipinski definition) is 1. The molecule has 1 aromatic rings. The summed E-state index contributed by atoms with van der Waals surface area (Å²) in [5.41, 5.74) is 0.946. The Morgan fingerprint density at radius 1 is 1.19 bits per heavy atom. The smallest absolute Gasteiger partial charge is 0.326 e. The lowest BCUT2D eigenvalue weighted by Crippen LogP contribution is -2.45. The van der Waals surface area contributed by atoms with Crippen LogP contribution in [0.5, 0.6) is 0 Å². The molecule has 0 saturated carbocycles. The second-order valence-corrected chi connectivity index (χ2v) is 5.51. The first-order valence-electron chi connectivity index (χ1n) is 7.54. The van der Waals surface area contributed by atoms with Gasteiger partial charge in [-0.2, -0.15) is 0 Å². The zero-order chi connectivity index (χ0) is 15.8. The SMILES string of the molecule is CCCCC(C)C(=O)N(Cc1ccccc1)C(C)C(=O)O. The van der Waals surface area contributed by atoms with Crippen LogP contribution in [0.3, 0.4) is 0 Å². The number of amides is 1. The largest absolute Gasteiger partial charge is 0.480 e. The van der Waals surface area contributed by atoms with E-state index in [-0.39, 0.29) is 11.8 Å². The lowest BCUT2D eigenvalue weighted by atomic mass is 10.0. The average Bonchev–Trinajstić information content (AvgIpc) is 2.49. The first-order valence-corrected chi connectivity index (χ1v) is 7.54. The first kappa shape index (κ1) is 17.2. The Balaban J connectivity index is 2.86. The molecule has 0 aliphatic heterocycles. The predicted octanol–water partition coefficient (Wildman–Crippen LogP) is 3.31. The van der Waals surface area contributed by atoms with Crippen LogP contribution in [0.1, 0.15) is 45.6 Å². The summed E-state index contributed by atoms with van der Waals surface area (Å²) in [6.07, 6.45) is 2.81. The molecular weight excluding hydrogens is 266 g/mol. The van der Waals surface area contributed by atoms with Gasteiger partial charge in [0.25, 0.3) is 0 Å². The van der Waals surface area contributed by atoms with E-state index in [1.165, 1.54) is 4.90 Å². The van der Waals surface area contributed by atoms with Crippen LogP contribution >= 0.6 is 0 Å². The standard InChI is InChI=1S/C17H25NO3/c1-4-5-9-13(2)16(19)18(14(3)17(20)21)12-15-10-7-6-8-11-15/h6-8,10-11,13-14H,4-5,9,12H2,1-3H3,(H,20,21). The number of rotatable bonds is 8. The van der Waals surface area contributed by atoms with Crippen molar-refractivity contribution in [1.82, 2.24) is 4.90 Å². The minimum absolute atomic E-state index is 0.0813. The fourth-order valence-electron chi connectivity index (χ4n) is 2.24. The van der Waals surface area contributed by atoms with E-state index in [1.807, 2.05) is 37.3 Å². The van der Waals surface area contributed by atoms with Crippen LogP contribution in [-0.2, 0) is 16.1 Å². The highest BCUT2D eigenvalue weighted by Gasteiger charge is 2.28. The molecule has 0 aliphatic rings. The van der Waals surface area contributed by atoms with E-state index in [9.17, 15) is 14.7 Å².